The number of aromatic nitrogens is 4. The number of rotatable bonds is 5. The minimum Gasteiger partial charge on any atom is -0.450 e. The van der Waals surface area contributed by atoms with Gasteiger partial charge in [0.2, 0.25) is 5.95 Å². The normalized spacial score (nSPS) is 18.7. The van der Waals surface area contributed by atoms with E-state index < -0.39 is 12.4 Å². The molecule has 1 saturated carbocycles. The molecule has 0 amide bonds. The number of hydrogen-bond acceptors (Lipinski definition) is 9. The highest BCUT2D eigenvalue weighted by molar-refractivity contribution is 5.79. The van der Waals surface area contributed by atoms with E-state index in [1.165, 1.54) is 0 Å². The van der Waals surface area contributed by atoms with Gasteiger partial charge < -0.3 is 25.8 Å². The first-order valence-electron chi connectivity index (χ1n) is 11.1. The van der Waals surface area contributed by atoms with E-state index in [1.54, 1.807) is 29.1 Å². The van der Waals surface area contributed by atoms with Crippen molar-refractivity contribution in [3.05, 3.63) is 40.9 Å². The number of ether oxygens (including phenoxy) is 1. The number of carboxylic acid groups (broad SMARTS) is 1. The van der Waals surface area contributed by atoms with E-state index in [2.05, 4.69) is 20.3 Å². The lowest BCUT2D eigenvalue weighted by Crippen LogP contribution is -2.33. The zero-order valence-corrected chi connectivity index (χ0v) is 18.0. The number of nitrogens with two attached hydrogens (primary N) is 1. The summed E-state index contributed by atoms with van der Waals surface area (Å²) in [6.45, 7) is 0.696. The molecule has 4 N–H and O–H groups in total. The van der Waals surface area contributed by atoms with Gasteiger partial charge in [-0.25, -0.2) is 14.8 Å². The van der Waals surface area contributed by atoms with Gasteiger partial charge in [-0.15, -0.1) is 0 Å². The molecule has 0 bridgehead atoms. The molecular formula is C22H25N7O4. The Hall–Kier alpha value is -3.89. The van der Waals surface area contributed by atoms with Crippen LogP contribution in [-0.2, 0) is 4.74 Å². The lowest BCUT2D eigenvalue weighted by Gasteiger charge is -2.25. The molecule has 33 heavy (non-hydrogen) atoms. The highest BCUT2D eigenvalue weighted by Crippen LogP contribution is 2.31. The molecule has 1 aliphatic carbocycles. The predicted octanol–water partition coefficient (Wildman–Crippen LogP) is 3.25. The molecule has 2 aliphatic rings. The Bertz CT molecular complexity index is 1240. The second-order valence-electron chi connectivity index (χ2n) is 8.39. The molecule has 2 fully saturated rings. The van der Waals surface area contributed by atoms with Gasteiger partial charge in [-0.3, -0.25) is 9.36 Å². The Morgan fingerprint density at radius 3 is 2.70 bits per heavy atom. The van der Waals surface area contributed by atoms with Crippen LogP contribution in [0.4, 0.5) is 27.9 Å². The number of nitrogen functional groups attached to an aromatic ring is 1. The smallest absolute Gasteiger partial charge is 0.450 e. The van der Waals surface area contributed by atoms with Crippen LogP contribution in [0.5, 0.6) is 0 Å². The molecule has 11 nitrogen and oxygen atoms in total. The van der Waals surface area contributed by atoms with E-state index in [-0.39, 0.29) is 17.3 Å². The van der Waals surface area contributed by atoms with Crippen molar-refractivity contribution in [3.8, 4) is 0 Å². The van der Waals surface area contributed by atoms with Crippen LogP contribution in [0.15, 0.2) is 35.4 Å². The summed E-state index contributed by atoms with van der Waals surface area (Å²) in [5.41, 5.74) is 7.27. The zero-order valence-electron chi connectivity index (χ0n) is 18.0. The fourth-order valence-electron chi connectivity index (χ4n) is 4.72. The van der Waals surface area contributed by atoms with E-state index in [0.717, 1.165) is 37.8 Å². The minimum atomic E-state index is -1.29. The summed E-state index contributed by atoms with van der Waals surface area (Å²) in [6.07, 6.45) is 7.01. The Morgan fingerprint density at radius 2 is 1.97 bits per heavy atom. The minimum absolute atomic E-state index is 0.0880. The number of hydrogen-bond donors (Lipinski definition) is 3. The van der Waals surface area contributed by atoms with Gasteiger partial charge in [0.15, 0.2) is 6.23 Å². The van der Waals surface area contributed by atoms with Gasteiger partial charge in [-0.1, -0.05) is 12.8 Å². The van der Waals surface area contributed by atoms with Crippen molar-refractivity contribution in [2.75, 3.05) is 22.5 Å². The molecule has 0 spiro atoms. The summed E-state index contributed by atoms with van der Waals surface area (Å²) in [7, 11) is 0. The van der Waals surface area contributed by atoms with Crippen LogP contribution in [0.25, 0.3) is 11.0 Å². The number of carbonyl (C=O) groups is 1. The Labute approximate surface area is 189 Å². The third kappa shape index (κ3) is 4.13. The van der Waals surface area contributed by atoms with Crippen LogP contribution in [0, 0.1) is 0 Å². The first-order valence-corrected chi connectivity index (χ1v) is 11.1. The third-order valence-electron chi connectivity index (χ3n) is 6.24. The Balaban J connectivity index is 1.40. The van der Waals surface area contributed by atoms with Crippen LogP contribution in [0.2, 0.25) is 0 Å². The maximum atomic E-state index is 12.8. The van der Waals surface area contributed by atoms with Crippen molar-refractivity contribution >= 4 is 40.3 Å². The van der Waals surface area contributed by atoms with Gasteiger partial charge in [0, 0.05) is 30.6 Å². The molecule has 1 unspecified atom stereocenters. The maximum Gasteiger partial charge on any atom is 0.507 e. The quantitative estimate of drug-likeness (QED) is 0.493. The van der Waals surface area contributed by atoms with Gasteiger partial charge in [0.25, 0.3) is 5.56 Å². The second-order valence-corrected chi connectivity index (χ2v) is 8.39. The van der Waals surface area contributed by atoms with Crippen molar-refractivity contribution in [2.24, 2.45) is 0 Å². The highest BCUT2D eigenvalue weighted by Gasteiger charge is 2.28. The molecule has 0 aromatic carbocycles. The topological polar surface area (TPSA) is 148 Å². The molecule has 4 heterocycles. The summed E-state index contributed by atoms with van der Waals surface area (Å²) >= 11 is 0. The number of pyridine rings is 2. The molecular weight excluding hydrogens is 426 g/mol. The summed E-state index contributed by atoms with van der Waals surface area (Å²) in [5, 5.41) is 12.7. The van der Waals surface area contributed by atoms with Crippen molar-refractivity contribution < 1.29 is 14.6 Å². The summed E-state index contributed by atoms with van der Waals surface area (Å²) < 4.78 is 6.66. The Morgan fingerprint density at radius 1 is 1.15 bits per heavy atom. The highest BCUT2D eigenvalue weighted by atomic mass is 16.7. The zero-order chi connectivity index (χ0) is 22.9. The molecule has 5 rings (SSSR count). The molecule has 1 atom stereocenters. The molecule has 3 aromatic rings. The molecule has 1 aliphatic heterocycles. The first-order chi connectivity index (χ1) is 16.0. The number of nitrogens with one attached hydrogen (secondary N) is 1. The van der Waals surface area contributed by atoms with E-state index >= 15 is 0 Å². The van der Waals surface area contributed by atoms with Gasteiger partial charge in [0.05, 0.1) is 17.6 Å². The SMILES string of the molecule is Nc1cc2cnc(Nc3ccc(N4CCCC4OC(=O)O)cn3)nc2n(C2CCCC2)c1=O. The van der Waals surface area contributed by atoms with E-state index in [4.69, 9.17) is 15.6 Å². The van der Waals surface area contributed by atoms with E-state index in [0.29, 0.717) is 35.8 Å². The number of fused-ring (bicyclic) bond motifs is 1. The van der Waals surface area contributed by atoms with Crippen molar-refractivity contribution in [1.82, 2.24) is 19.5 Å². The lowest BCUT2D eigenvalue weighted by molar-refractivity contribution is 0.0558. The molecule has 0 radical (unpaired) electrons. The van der Waals surface area contributed by atoms with Crippen molar-refractivity contribution in [2.45, 2.75) is 50.8 Å². The lowest BCUT2D eigenvalue weighted by atomic mass is 10.2. The van der Waals surface area contributed by atoms with Crippen molar-refractivity contribution in [3.63, 3.8) is 0 Å². The molecule has 11 heteroatoms. The third-order valence-corrected chi connectivity index (χ3v) is 6.24. The van der Waals surface area contributed by atoms with E-state index in [1.807, 2.05) is 11.0 Å². The van der Waals surface area contributed by atoms with Crippen LogP contribution in [0.1, 0.15) is 44.6 Å². The summed E-state index contributed by atoms with van der Waals surface area (Å²) in [5.74, 6) is 0.852. The maximum absolute atomic E-state index is 12.8. The van der Waals surface area contributed by atoms with Gasteiger partial charge in [-0.2, -0.15) is 4.98 Å². The van der Waals surface area contributed by atoms with Gasteiger partial charge in [-0.05, 0) is 37.5 Å². The monoisotopic (exact) mass is 451 g/mol. The molecule has 172 valence electrons. The van der Waals surface area contributed by atoms with Gasteiger partial charge in [0.1, 0.15) is 11.5 Å². The fraction of sp³-hybridized carbons (Fsp3) is 0.409. The number of anilines is 4. The average molecular weight is 451 g/mol. The fourth-order valence-corrected chi connectivity index (χ4v) is 4.72. The van der Waals surface area contributed by atoms with Crippen LogP contribution in [0.3, 0.4) is 0 Å². The predicted molar refractivity (Wildman–Crippen MR) is 123 cm³/mol. The standard InChI is InChI=1S/C22H25N7O4/c23-16-10-13-11-25-21(27-19(13)29(20(16)30)14-4-1-2-5-14)26-17-8-7-15(12-24-17)28-9-3-6-18(28)33-22(31)32/h7-8,10-12,14,18H,1-6,9,23H2,(H,31,32)(H,24,25,26,27). The van der Waals surface area contributed by atoms with E-state index in [9.17, 15) is 9.59 Å². The average Bonchev–Trinajstić information content (AvgIpc) is 3.48. The molecule has 3 aromatic heterocycles. The molecule has 1 saturated heterocycles. The Kier molecular flexibility index (Phi) is 5.45. The van der Waals surface area contributed by atoms with Gasteiger partial charge >= 0.3 is 6.16 Å². The van der Waals surface area contributed by atoms with Crippen LogP contribution >= 0.6 is 0 Å². The van der Waals surface area contributed by atoms with Crippen LogP contribution < -0.4 is 21.5 Å². The van der Waals surface area contributed by atoms with Crippen LogP contribution in [-0.4, -0.2) is 43.6 Å². The second kappa shape index (κ2) is 8.57. The first kappa shape index (κ1) is 21.0. The summed E-state index contributed by atoms with van der Waals surface area (Å²) in [4.78, 5) is 39.0. The number of nitrogens with zero attached hydrogens (tertiary/aromatic N) is 5. The summed E-state index contributed by atoms with van der Waals surface area (Å²) in [6, 6.07) is 5.32. The largest absolute Gasteiger partial charge is 0.507 e. The van der Waals surface area contributed by atoms with Crippen molar-refractivity contribution in [1.29, 1.82) is 0 Å².